The van der Waals surface area contributed by atoms with Gasteiger partial charge in [-0.25, -0.2) is 0 Å². The fraction of sp³-hybridized carbons (Fsp3) is 0.429. The van der Waals surface area contributed by atoms with E-state index >= 15 is 0 Å². The molecule has 2 unspecified atom stereocenters. The van der Waals surface area contributed by atoms with Gasteiger partial charge < -0.3 is 0 Å². The molecule has 2 aromatic carbocycles. The molecule has 188 valence electrons. The Kier molecular flexibility index (Phi) is 8.77. The monoisotopic (exact) mass is 720 g/mol. The third kappa shape index (κ3) is 6.13. The molecule has 4 rings (SSSR count). The van der Waals surface area contributed by atoms with Crippen LogP contribution < -0.4 is 0 Å². The normalized spacial score (nSPS) is 20.7. The molecule has 0 nitrogen and oxygen atoms in total. The first-order chi connectivity index (χ1) is 16.1. The fourth-order valence-electron chi connectivity index (χ4n) is 5.70. The van der Waals surface area contributed by atoms with Crippen molar-refractivity contribution >= 4 is 55.7 Å². The summed E-state index contributed by atoms with van der Waals surface area (Å²) in [6.07, 6.45) is 4.70. The van der Waals surface area contributed by atoms with E-state index < -0.39 is 45.3 Å². The maximum absolute atomic E-state index is 7.44. The Balaban J connectivity index is 1.55. The molecule has 0 aromatic heterocycles. The van der Waals surface area contributed by atoms with Crippen molar-refractivity contribution in [2.75, 3.05) is 0 Å². The summed E-state index contributed by atoms with van der Waals surface area (Å²) in [7, 11) is 29.2. The second kappa shape index (κ2) is 10.6. The number of rotatable bonds is 6. The first-order valence-electron chi connectivity index (χ1n) is 12.5. The number of hydrogen-bond donors (Lipinski definition) is 0. The van der Waals surface area contributed by atoms with Gasteiger partial charge in [0.05, 0.1) is 0 Å². The molecule has 2 aliphatic rings. The van der Waals surface area contributed by atoms with E-state index in [9.17, 15) is 0 Å². The maximum atomic E-state index is 7.44. The van der Waals surface area contributed by atoms with Crippen molar-refractivity contribution in [3.05, 3.63) is 81.9 Å². The van der Waals surface area contributed by atoms with Gasteiger partial charge >= 0.3 is 241 Å². The molecule has 0 saturated carbocycles. The van der Waals surface area contributed by atoms with Crippen molar-refractivity contribution in [1.82, 2.24) is 0 Å². The van der Waals surface area contributed by atoms with Crippen molar-refractivity contribution < 1.29 is 35.8 Å². The number of halogens is 4. The van der Waals surface area contributed by atoms with Crippen molar-refractivity contribution in [2.45, 2.75) is 56.3 Å². The molecule has 0 amide bonds. The summed E-state index contributed by atoms with van der Waals surface area (Å²) in [4.78, 5) is 0. The van der Waals surface area contributed by atoms with Crippen LogP contribution in [0.1, 0.15) is 71.0 Å². The number of hydrogen-bond acceptors (Lipinski definition) is 0. The molecule has 0 radical (unpaired) electrons. The van der Waals surface area contributed by atoms with Crippen LogP contribution in [0.5, 0.6) is 0 Å². The first kappa shape index (κ1) is 29.1. The molecule has 0 bridgehead atoms. The quantitative estimate of drug-likeness (QED) is 0.260. The minimum atomic E-state index is -3.52. The van der Waals surface area contributed by atoms with Crippen molar-refractivity contribution in [2.24, 2.45) is 10.8 Å². The van der Waals surface area contributed by atoms with E-state index in [0.717, 1.165) is 7.50 Å². The molecule has 0 heterocycles. The van der Waals surface area contributed by atoms with Gasteiger partial charge in [0, 0.05) is 0 Å². The third-order valence-electron chi connectivity index (χ3n) is 7.45. The summed E-state index contributed by atoms with van der Waals surface area (Å²) >= 11 is -7.04. The SMILES string of the molecule is CC(C)(C)C1=Cc2ccccc2[CH]1[Zr]([Cl])([Cl])[CH2][SiH2][CH2][Zr]([Cl])([Cl])[CH]1C(C(C)(C)C)=Cc2ccccc21. The summed E-state index contributed by atoms with van der Waals surface area (Å²) < 4.78 is 2.43. The Bertz CT molecular complexity index is 1080. The van der Waals surface area contributed by atoms with Crippen molar-refractivity contribution in [3.63, 3.8) is 0 Å². The van der Waals surface area contributed by atoms with E-state index in [1.54, 1.807) is 0 Å². The summed E-state index contributed by atoms with van der Waals surface area (Å²) in [5.41, 5.74) is 8.14. The summed E-state index contributed by atoms with van der Waals surface area (Å²) in [5.74, 6) is 0. The molecule has 35 heavy (non-hydrogen) atoms. The van der Waals surface area contributed by atoms with E-state index in [0.29, 0.717) is 0 Å². The molecule has 2 aromatic rings. The zero-order valence-corrected chi connectivity index (χ0v) is 30.9. The molecule has 0 fully saturated rings. The van der Waals surface area contributed by atoms with E-state index in [1.807, 2.05) is 0 Å². The average molecular weight is 725 g/mol. The van der Waals surface area contributed by atoms with Gasteiger partial charge in [-0.2, -0.15) is 0 Å². The van der Waals surface area contributed by atoms with Crippen LogP contribution in [-0.2, 0) is 35.8 Å². The van der Waals surface area contributed by atoms with Gasteiger partial charge in [-0.15, -0.1) is 0 Å². The van der Waals surface area contributed by atoms with Gasteiger partial charge in [-0.3, -0.25) is 0 Å². The predicted molar refractivity (Wildman–Crippen MR) is 155 cm³/mol. The van der Waals surface area contributed by atoms with Crippen LogP contribution in [0.2, 0.25) is 7.50 Å². The molecule has 0 saturated heterocycles. The molecule has 2 aliphatic carbocycles. The predicted octanol–water partition coefficient (Wildman–Crippen LogP) is 10.2. The van der Waals surface area contributed by atoms with Crippen molar-refractivity contribution in [3.8, 4) is 0 Å². The molecular weight excluding hydrogens is 689 g/mol. The van der Waals surface area contributed by atoms with Gasteiger partial charge in [0.15, 0.2) is 0 Å². The average Bonchev–Trinajstić information content (AvgIpc) is 3.33. The summed E-state index contributed by atoms with van der Waals surface area (Å²) in [5, 5.41) is 0. The van der Waals surface area contributed by atoms with Gasteiger partial charge in [0.1, 0.15) is 0 Å². The summed E-state index contributed by atoms with van der Waals surface area (Å²) in [6.45, 7) is 13.7. The molecule has 0 spiro atoms. The number of benzene rings is 2. The molecule has 2 atom stereocenters. The molecule has 0 aliphatic heterocycles. The zero-order valence-electron chi connectivity index (χ0n) is 21.6. The van der Waals surface area contributed by atoms with Gasteiger partial charge in [0.2, 0.25) is 0 Å². The van der Waals surface area contributed by atoms with Gasteiger partial charge in [0.25, 0.3) is 0 Å². The van der Waals surface area contributed by atoms with Crippen LogP contribution in [0.3, 0.4) is 0 Å². The number of fused-ring (bicyclic) bond motifs is 2. The minimum absolute atomic E-state index is 0.0408. The van der Waals surface area contributed by atoms with E-state index in [2.05, 4.69) is 102 Å². The second-order valence-corrected chi connectivity index (χ2v) is 49.9. The van der Waals surface area contributed by atoms with E-state index in [-0.39, 0.29) is 18.1 Å². The van der Waals surface area contributed by atoms with Crippen LogP contribution in [0, 0.1) is 10.8 Å². The Labute approximate surface area is 237 Å². The fourth-order valence-corrected chi connectivity index (χ4v) is 51.0. The van der Waals surface area contributed by atoms with Crippen LogP contribution in [-0.4, -0.2) is 9.52 Å². The first-order valence-corrected chi connectivity index (χ1v) is 33.5. The Morgan fingerprint density at radius 3 is 1.31 bits per heavy atom. The van der Waals surface area contributed by atoms with Crippen LogP contribution in [0.25, 0.3) is 12.2 Å². The topological polar surface area (TPSA) is 0 Å². The van der Waals surface area contributed by atoms with E-state index in [4.69, 9.17) is 34.1 Å². The number of allylic oxidation sites excluding steroid dienone is 2. The third-order valence-corrected chi connectivity index (χ3v) is 50.3. The van der Waals surface area contributed by atoms with Crippen LogP contribution in [0.4, 0.5) is 0 Å². The van der Waals surface area contributed by atoms with Crippen LogP contribution >= 0.6 is 34.1 Å². The molecular formula is C28H36Cl4SiZr2. The summed E-state index contributed by atoms with van der Waals surface area (Å²) in [6, 6.07) is 17.3. The second-order valence-electron chi connectivity index (χ2n) is 12.2. The zero-order chi connectivity index (χ0) is 25.8. The Morgan fingerprint density at radius 1 is 0.629 bits per heavy atom. The Morgan fingerprint density at radius 2 is 0.971 bits per heavy atom. The van der Waals surface area contributed by atoms with Gasteiger partial charge in [-0.05, 0) is 0 Å². The van der Waals surface area contributed by atoms with Crippen LogP contribution in [0.15, 0.2) is 59.7 Å². The van der Waals surface area contributed by atoms with Gasteiger partial charge in [-0.1, -0.05) is 0 Å². The molecule has 7 heteroatoms. The Hall–Kier alpha value is 1.06. The molecule has 0 N–H and O–H groups in total. The standard InChI is InChI=1S/2C13H15.C2H6Si.4ClH.2Zr/c2*1-13(2,3)12-8-10-6-4-5-7-11(10)9-12;1-3-2;;;;;;/h2*4-9H,1-3H3;1-3H2;4*1H;;/q;;;;;;;2*+2/p-4. The van der Waals surface area contributed by atoms with Crippen molar-refractivity contribution in [1.29, 1.82) is 0 Å². The van der Waals surface area contributed by atoms with E-state index in [1.165, 1.54) is 33.4 Å².